The van der Waals surface area contributed by atoms with Crippen molar-refractivity contribution in [1.82, 2.24) is 14.8 Å². The van der Waals surface area contributed by atoms with Gasteiger partial charge in [0.25, 0.3) is 0 Å². The summed E-state index contributed by atoms with van der Waals surface area (Å²) in [6.45, 7) is 4.76. The smallest absolute Gasteiger partial charge is 0.237 e. The predicted octanol–water partition coefficient (Wildman–Crippen LogP) is 3.95. The van der Waals surface area contributed by atoms with E-state index in [-0.39, 0.29) is 11.2 Å². The van der Waals surface area contributed by atoms with Crippen LogP contribution in [-0.4, -0.2) is 25.9 Å². The lowest BCUT2D eigenvalue weighted by atomic mass is 10.3. The molecular weight excluding hydrogens is 332 g/mol. The van der Waals surface area contributed by atoms with Gasteiger partial charge in [0, 0.05) is 12.5 Å². The van der Waals surface area contributed by atoms with Gasteiger partial charge in [-0.05, 0) is 38.8 Å². The lowest BCUT2D eigenvalue weighted by Gasteiger charge is -2.13. The van der Waals surface area contributed by atoms with Crippen LogP contribution in [0.15, 0.2) is 29.4 Å². The number of halogens is 1. The summed E-state index contributed by atoms with van der Waals surface area (Å²) < 4.78 is 2.11. The van der Waals surface area contributed by atoms with Gasteiger partial charge < -0.3 is 9.88 Å². The minimum atomic E-state index is -0.284. The molecule has 2 aromatic rings. The average molecular weight is 351 g/mol. The maximum Gasteiger partial charge on any atom is 0.237 e. The van der Waals surface area contributed by atoms with Crippen molar-refractivity contribution in [3.8, 4) is 0 Å². The van der Waals surface area contributed by atoms with Crippen LogP contribution < -0.4 is 5.32 Å². The molecule has 1 amide bonds. The number of carbonyl (C=O) groups excluding carboxylic acids is 1. The van der Waals surface area contributed by atoms with Crippen molar-refractivity contribution in [3.05, 3.63) is 35.1 Å². The number of nitrogens with one attached hydrogen (secondary N) is 1. The molecule has 0 unspecified atom stereocenters. The van der Waals surface area contributed by atoms with Crippen LogP contribution in [0.5, 0.6) is 0 Å². The zero-order valence-electron chi connectivity index (χ0n) is 13.1. The molecule has 0 aliphatic heterocycles. The van der Waals surface area contributed by atoms with E-state index in [0.717, 1.165) is 17.5 Å². The van der Waals surface area contributed by atoms with Gasteiger partial charge in [-0.3, -0.25) is 4.79 Å². The number of aromatic nitrogens is 3. The lowest BCUT2D eigenvalue weighted by Crippen LogP contribution is -2.23. The maximum atomic E-state index is 12.4. The van der Waals surface area contributed by atoms with Crippen molar-refractivity contribution in [2.75, 3.05) is 5.32 Å². The monoisotopic (exact) mass is 350 g/mol. The van der Waals surface area contributed by atoms with Gasteiger partial charge >= 0.3 is 0 Å². The fraction of sp³-hybridized carbons (Fsp3) is 0.438. The Morgan fingerprint density at radius 1 is 1.43 bits per heavy atom. The van der Waals surface area contributed by atoms with Crippen LogP contribution in [-0.2, 0) is 11.3 Å². The first-order valence-corrected chi connectivity index (χ1v) is 9.01. The first-order valence-electron chi connectivity index (χ1n) is 7.75. The van der Waals surface area contributed by atoms with Crippen molar-refractivity contribution < 1.29 is 4.79 Å². The molecule has 1 N–H and O–H groups in total. The van der Waals surface area contributed by atoms with E-state index in [2.05, 4.69) is 27.0 Å². The third-order valence-corrected chi connectivity index (χ3v) is 5.20. The van der Waals surface area contributed by atoms with Crippen LogP contribution in [0.1, 0.15) is 38.4 Å². The van der Waals surface area contributed by atoms with Gasteiger partial charge in [-0.15, -0.1) is 10.2 Å². The number of thioether (sulfide) groups is 1. The highest BCUT2D eigenvalue weighted by Crippen LogP contribution is 2.40. The van der Waals surface area contributed by atoms with Gasteiger partial charge in [0.15, 0.2) is 5.16 Å². The molecule has 0 spiro atoms. The molecule has 1 atom stereocenters. The summed E-state index contributed by atoms with van der Waals surface area (Å²) in [6, 6.07) is 7.22. The van der Waals surface area contributed by atoms with Gasteiger partial charge in [-0.25, -0.2) is 0 Å². The molecular formula is C16H19ClN4OS. The number of amides is 1. The number of hydrogen-bond donors (Lipinski definition) is 1. The Morgan fingerprint density at radius 2 is 2.17 bits per heavy atom. The van der Waals surface area contributed by atoms with Gasteiger partial charge in [-0.1, -0.05) is 35.5 Å². The van der Waals surface area contributed by atoms with Crippen LogP contribution in [0, 0.1) is 0 Å². The predicted molar refractivity (Wildman–Crippen MR) is 93.1 cm³/mol. The molecule has 1 heterocycles. The van der Waals surface area contributed by atoms with Crippen LogP contribution in [0.2, 0.25) is 5.02 Å². The summed E-state index contributed by atoms with van der Waals surface area (Å²) >= 11 is 7.51. The van der Waals surface area contributed by atoms with E-state index in [1.54, 1.807) is 12.1 Å². The van der Waals surface area contributed by atoms with Gasteiger partial charge in [0.1, 0.15) is 5.82 Å². The standard InChI is InChI=1S/C16H19ClN4OS/c1-3-21-14(11-8-9-11)19-20-16(21)23-10(2)15(22)18-13-7-5-4-6-12(13)17/h4-7,10-11H,3,8-9H2,1-2H3,(H,18,22)/t10-/m0/s1. The molecule has 122 valence electrons. The first kappa shape index (κ1) is 16.3. The number of benzene rings is 1. The van der Waals surface area contributed by atoms with Crippen molar-refractivity contribution in [3.63, 3.8) is 0 Å². The highest BCUT2D eigenvalue weighted by atomic mass is 35.5. The molecule has 23 heavy (non-hydrogen) atoms. The molecule has 7 heteroatoms. The van der Waals surface area contributed by atoms with Crippen molar-refractivity contribution >= 4 is 35.0 Å². The van der Waals surface area contributed by atoms with E-state index in [4.69, 9.17) is 11.6 Å². The topological polar surface area (TPSA) is 59.8 Å². The largest absolute Gasteiger partial charge is 0.324 e. The number of carbonyl (C=O) groups is 1. The number of rotatable bonds is 6. The Hall–Kier alpha value is -1.53. The summed E-state index contributed by atoms with van der Waals surface area (Å²) in [6.07, 6.45) is 2.37. The highest BCUT2D eigenvalue weighted by Gasteiger charge is 2.30. The molecule has 1 aliphatic carbocycles. The maximum absolute atomic E-state index is 12.4. The minimum absolute atomic E-state index is 0.0956. The summed E-state index contributed by atoms with van der Waals surface area (Å²) in [7, 11) is 0. The average Bonchev–Trinajstić information content (AvgIpc) is 3.31. The second kappa shape index (κ2) is 6.93. The fourth-order valence-corrected chi connectivity index (χ4v) is 3.44. The molecule has 3 rings (SSSR count). The van der Waals surface area contributed by atoms with Crippen molar-refractivity contribution in [1.29, 1.82) is 0 Å². The quantitative estimate of drug-likeness (QED) is 0.801. The number of anilines is 1. The normalized spacial score (nSPS) is 15.4. The fourth-order valence-electron chi connectivity index (χ4n) is 2.34. The summed E-state index contributed by atoms with van der Waals surface area (Å²) in [5, 5.41) is 12.5. The second-order valence-electron chi connectivity index (χ2n) is 5.59. The SMILES string of the molecule is CCn1c(S[C@@H](C)C(=O)Nc2ccccc2Cl)nnc1C1CC1. The van der Waals surface area contributed by atoms with Gasteiger partial charge in [0.05, 0.1) is 16.0 Å². The van der Waals surface area contributed by atoms with E-state index < -0.39 is 0 Å². The number of nitrogens with zero attached hydrogens (tertiary/aromatic N) is 3. The Labute approximate surface area is 144 Å². The van der Waals surface area contributed by atoms with Gasteiger partial charge in [0.2, 0.25) is 5.91 Å². The van der Waals surface area contributed by atoms with Crippen molar-refractivity contribution in [2.24, 2.45) is 0 Å². The molecule has 1 aromatic heterocycles. The molecule has 1 saturated carbocycles. The Kier molecular flexibility index (Phi) is 4.92. The van der Waals surface area contributed by atoms with E-state index in [9.17, 15) is 4.79 Å². The van der Waals surface area contributed by atoms with Crippen LogP contribution in [0.25, 0.3) is 0 Å². The van der Waals surface area contributed by atoms with E-state index in [1.807, 2.05) is 19.1 Å². The third kappa shape index (κ3) is 3.70. The Morgan fingerprint density at radius 3 is 2.83 bits per heavy atom. The van der Waals surface area contributed by atoms with Crippen LogP contribution in [0.3, 0.4) is 0 Å². The van der Waals surface area contributed by atoms with Gasteiger partial charge in [-0.2, -0.15) is 0 Å². The van der Waals surface area contributed by atoms with Crippen molar-refractivity contribution in [2.45, 2.75) is 49.6 Å². The van der Waals surface area contributed by atoms with E-state index in [0.29, 0.717) is 16.6 Å². The molecule has 0 saturated heterocycles. The Bertz CT molecular complexity index is 714. The lowest BCUT2D eigenvalue weighted by molar-refractivity contribution is -0.115. The minimum Gasteiger partial charge on any atom is -0.324 e. The van der Waals surface area contributed by atoms with E-state index in [1.165, 1.54) is 24.6 Å². The number of para-hydroxylation sites is 1. The molecule has 5 nitrogen and oxygen atoms in total. The number of hydrogen-bond acceptors (Lipinski definition) is 4. The van der Waals surface area contributed by atoms with E-state index >= 15 is 0 Å². The molecule has 1 fully saturated rings. The zero-order valence-corrected chi connectivity index (χ0v) is 14.7. The third-order valence-electron chi connectivity index (χ3n) is 3.79. The van der Waals surface area contributed by atoms with Crippen LogP contribution >= 0.6 is 23.4 Å². The molecule has 1 aliphatic rings. The highest BCUT2D eigenvalue weighted by molar-refractivity contribution is 8.00. The summed E-state index contributed by atoms with van der Waals surface area (Å²) in [5.74, 6) is 1.50. The van der Waals surface area contributed by atoms with Crippen LogP contribution in [0.4, 0.5) is 5.69 Å². The first-order chi connectivity index (χ1) is 11.1. The summed E-state index contributed by atoms with van der Waals surface area (Å²) in [5.41, 5.74) is 0.627. The Balaban J connectivity index is 1.68. The molecule has 1 aromatic carbocycles. The summed E-state index contributed by atoms with van der Waals surface area (Å²) in [4.78, 5) is 12.4. The molecule has 0 bridgehead atoms. The molecule has 0 radical (unpaired) electrons. The second-order valence-corrected chi connectivity index (χ2v) is 7.30. The zero-order chi connectivity index (χ0) is 16.4.